The second kappa shape index (κ2) is 2.98. The summed E-state index contributed by atoms with van der Waals surface area (Å²) in [6.45, 7) is 4.78. The third kappa shape index (κ3) is 4.17. The van der Waals surface area contributed by atoms with Crippen LogP contribution in [0.25, 0.3) is 0 Å². The molecule has 0 aliphatic heterocycles. The van der Waals surface area contributed by atoms with Gasteiger partial charge >= 0.3 is 0 Å². The number of rotatable bonds is 3. The standard InChI is InChI=1S/C5H11NO2S/c1-3-9(7,8)4-5(2)6/h3,5H,1,4,6H2,2H3. The van der Waals surface area contributed by atoms with Gasteiger partial charge in [0.25, 0.3) is 0 Å². The van der Waals surface area contributed by atoms with Crippen LogP contribution in [0.5, 0.6) is 0 Å². The molecule has 1 unspecified atom stereocenters. The first-order valence-corrected chi connectivity index (χ1v) is 4.30. The first kappa shape index (κ1) is 8.65. The van der Waals surface area contributed by atoms with Crippen LogP contribution < -0.4 is 5.73 Å². The summed E-state index contributed by atoms with van der Waals surface area (Å²) in [5.41, 5.74) is 5.23. The summed E-state index contributed by atoms with van der Waals surface area (Å²) in [5.74, 6) is -0.0174. The zero-order valence-corrected chi connectivity index (χ0v) is 6.19. The molecular formula is C5H11NO2S. The largest absolute Gasteiger partial charge is 0.327 e. The maximum absolute atomic E-state index is 10.6. The third-order valence-electron chi connectivity index (χ3n) is 0.749. The maximum atomic E-state index is 10.6. The summed E-state index contributed by atoms with van der Waals surface area (Å²) in [5, 5.41) is 0.927. The third-order valence-corrected chi connectivity index (χ3v) is 2.25. The van der Waals surface area contributed by atoms with E-state index in [1.165, 1.54) is 0 Å². The number of sulfone groups is 1. The molecule has 0 aliphatic rings. The highest BCUT2D eigenvalue weighted by Crippen LogP contribution is 1.91. The minimum Gasteiger partial charge on any atom is -0.327 e. The van der Waals surface area contributed by atoms with Crippen LogP contribution in [-0.4, -0.2) is 20.2 Å². The van der Waals surface area contributed by atoms with Gasteiger partial charge in [0.2, 0.25) is 0 Å². The quantitative estimate of drug-likeness (QED) is 0.609. The summed E-state index contributed by atoms with van der Waals surface area (Å²) in [7, 11) is -3.08. The normalized spacial score (nSPS) is 14.9. The van der Waals surface area contributed by atoms with Gasteiger partial charge in [-0.25, -0.2) is 8.42 Å². The Labute approximate surface area is 55.5 Å². The lowest BCUT2D eigenvalue weighted by Crippen LogP contribution is -2.24. The average Bonchev–Trinajstić information content (AvgIpc) is 1.63. The van der Waals surface area contributed by atoms with E-state index >= 15 is 0 Å². The van der Waals surface area contributed by atoms with E-state index in [-0.39, 0.29) is 11.8 Å². The minimum atomic E-state index is -3.08. The predicted molar refractivity (Wildman–Crippen MR) is 37.6 cm³/mol. The van der Waals surface area contributed by atoms with E-state index < -0.39 is 9.84 Å². The zero-order chi connectivity index (χ0) is 7.49. The first-order chi connectivity index (χ1) is 3.98. The predicted octanol–water partition coefficient (Wildman–Crippen LogP) is -0.108. The molecule has 0 bridgehead atoms. The van der Waals surface area contributed by atoms with E-state index in [4.69, 9.17) is 5.73 Å². The van der Waals surface area contributed by atoms with Gasteiger partial charge in [0.05, 0.1) is 5.75 Å². The fourth-order valence-electron chi connectivity index (χ4n) is 0.434. The molecule has 3 nitrogen and oxygen atoms in total. The van der Waals surface area contributed by atoms with Crippen molar-refractivity contribution in [1.29, 1.82) is 0 Å². The summed E-state index contributed by atoms with van der Waals surface area (Å²) in [6, 6.07) is -0.312. The Bertz CT molecular complexity index is 181. The Morgan fingerprint density at radius 1 is 1.78 bits per heavy atom. The van der Waals surface area contributed by atoms with Crippen molar-refractivity contribution < 1.29 is 8.42 Å². The van der Waals surface area contributed by atoms with Crippen LogP contribution in [0.1, 0.15) is 6.92 Å². The van der Waals surface area contributed by atoms with Crippen molar-refractivity contribution in [1.82, 2.24) is 0 Å². The zero-order valence-electron chi connectivity index (χ0n) is 5.37. The summed E-state index contributed by atoms with van der Waals surface area (Å²) in [4.78, 5) is 0. The lowest BCUT2D eigenvalue weighted by Gasteiger charge is -2.00. The molecule has 0 rings (SSSR count). The van der Waals surface area contributed by atoms with Crippen molar-refractivity contribution in [3.63, 3.8) is 0 Å². The van der Waals surface area contributed by atoms with Crippen molar-refractivity contribution in [2.24, 2.45) is 5.73 Å². The Kier molecular flexibility index (Phi) is 2.87. The van der Waals surface area contributed by atoms with E-state index in [2.05, 4.69) is 6.58 Å². The molecule has 4 heteroatoms. The lowest BCUT2D eigenvalue weighted by atomic mass is 10.4. The molecule has 0 spiro atoms. The maximum Gasteiger partial charge on any atom is 0.172 e. The summed E-state index contributed by atoms with van der Waals surface area (Å²) < 4.78 is 21.2. The van der Waals surface area contributed by atoms with E-state index in [0.29, 0.717) is 0 Å². The van der Waals surface area contributed by atoms with Gasteiger partial charge in [-0.05, 0) is 6.92 Å². The van der Waals surface area contributed by atoms with Gasteiger partial charge < -0.3 is 5.73 Å². The molecule has 2 N–H and O–H groups in total. The van der Waals surface area contributed by atoms with Gasteiger partial charge in [0.1, 0.15) is 0 Å². The lowest BCUT2D eigenvalue weighted by molar-refractivity contribution is 0.599. The molecule has 0 fully saturated rings. The van der Waals surface area contributed by atoms with Crippen molar-refractivity contribution in [3.8, 4) is 0 Å². The SMILES string of the molecule is C=CS(=O)(=O)CC(C)N. The molecular weight excluding hydrogens is 138 g/mol. The van der Waals surface area contributed by atoms with E-state index in [1.807, 2.05) is 0 Å². The molecule has 0 saturated carbocycles. The summed E-state index contributed by atoms with van der Waals surface area (Å²) in [6.07, 6.45) is 0. The molecule has 0 saturated heterocycles. The topological polar surface area (TPSA) is 60.2 Å². The molecule has 0 aliphatic carbocycles. The molecule has 9 heavy (non-hydrogen) atoms. The van der Waals surface area contributed by atoms with Crippen molar-refractivity contribution in [2.75, 3.05) is 5.75 Å². The smallest absolute Gasteiger partial charge is 0.172 e. The van der Waals surface area contributed by atoms with Gasteiger partial charge in [-0.2, -0.15) is 0 Å². The molecule has 0 aromatic rings. The van der Waals surface area contributed by atoms with E-state index in [9.17, 15) is 8.42 Å². The molecule has 0 aromatic carbocycles. The number of nitrogens with two attached hydrogens (primary N) is 1. The van der Waals surface area contributed by atoms with Crippen molar-refractivity contribution >= 4 is 9.84 Å². The fraction of sp³-hybridized carbons (Fsp3) is 0.600. The Hall–Kier alpha value is -0.350. The highest BCUT2D eigenvalue weighted by atomic mass is 32.2. The second-order valence-corrected chi connectivity index (χ2v) is 3.97. The van der Waals surface area contributed by atoms with Crippen LogP contribution in [0.3, 0.4) is 0 Å². The number of hydrogen-bond acceptors (Lipinski definition) is 3. The highest BCUT2D eigenvalue weighted by molar-refractivity contribution is 7.94. The molecule has 54 valence electrons. The van der Waals surface area contributed by atoms with Crippen LogP contribution in [-0.2, 0) is 9.84 Å². The van der Waals surface area contributed by atoms with Crippen LogP contribution in [0.15, 0.2) is 12.0 Å². The molecule has 0 amide bonds. The van der Waals surface area contributed by atoms with Gasteiger partial charge in [-0.15, -0.1) is 0 Å². The Morgan fingerprint density at radius 3 is 2.33 bits per heavy atom. The highest BCUT2D eigenvalue weighted by Gasteiger charge is 2.06. The van der Waals surface area contributed by atoms with Gasteiger partial charge in [-0.3, -0.25) is 0 Å². The summed E-state index contributed by atoms with van der Waals surface area (Å²) >= 11 is 0. The van der Waals surface area contributed by atoms with Crippen LogP contribution in [0.2, 0.25) is 0 Å². The fourth-order valence-corrected chi connectivity index (χ4v) is 1.30. The van der Waals surface area contributed by atoms with Crippen LogP contribution in [0.4, 0.5) is 0 Å². The van der Waals surface area contributed by atoms with Crippen LogP contribution in [0, 0.1) is 0 Å². The Morgan fingerprint density at radius 2 is 2.22 bits per heavy atom. The van der Waals surface area contributed by atoms with Gasteiger partial charge in [0.15, 0.2) is 9.84 Å². The Balaban J connectivity index is 4.05. The molecule has 0 aromatic heterocycles. The van der Waals surface area contributed by atoms with Gasteiger partial charge in [-0.1, -0.05) is 6.58 Å². The monoisotopic (exact) mass is 149 g/mol. The van der Waals surface area contributed by atoms with Gasteiger partial charge in [0, 0.05) is 11.4 Å². The van der Waals surface area contributed by atoms with Crippen molar-refractivity contribution in [2.45, 2.75) is 13.0 Å². The molecule has 0 heterocycles. The van der Waals surface area contributed by atoms with Crippen molar-refractivity contribution in [3.05, 3.63) is 12.0 Å². The first-order valence-electron chi connectivity index (χ1n) is 2.58. The molecule has 0 radical (unpaired) electrons. The minimum absolute atomic E-state index is 0.0174. The second-order valence-electron chi connectivity index (χ2n) is 1.97. The number of hydrogen-bond donors (Lipinski definition) is 1. The molecule has 1 atom stereocenters. The van der Waals surface area contributed by atoms with Crippen LogP contribution >= 0.6 is 0 Å². The van der Waals surface area contributed by atoms with E-state index in [1.54, 1.807) is 6.92 Å². The van der Waals surface area contributed by atoms with E-state index in [0.717, 1.165) is 5.41 Å². The average molecular weight is 149 g/mol.